The van der Waals surface area contributed by atoms with Crippen molar-refractivity contribution in [1.29, 1.82) is 0 Å². The minimum atomic E-state index is -0.551. The van der Waals surface area contributed by atoms with Gasteiger partial charge >= 0.3 is 6.09 Å². The number of aromatic nitrogens is 1. The summed E-state index contributed by atoms with van der Waals surface area (Å²) in [5, 5.41) is 0.508. The Morgan fingerprint density at radius 3 is 2.47 bits per heavy atom. The monoisotopic (exact) mass is 478 g/mol. The molecule has 0 saturated carbocycles. The number of aryl methyl sites for hydroxylation is 1. The van der Waals surface area contributed by atoms with Gasteiger partial charge < -0.3 is 25.0 Å². The van der Waals surface area contributed by atoms with Crippen LogP contribution in [-0.2, 0) is 4.74 Å². The van der Waals surface area contributed by atoms with E-state index in [0.29, 0.717) is 49.0 Å². The maximum Gasteiger partial charge on any atom is 0.410 e. The molecular formula is C22H30N4O4S2. The van der Waals surface area contributed by atoms with E-state index in [1.54, 1.807) is 23.1 Å². The molecule has 174 valence electrons. The van der Waals surface area contributed by atoms with Crippen LogP contribution in [0.25, 0.3) is 0 Å². The number of nitrogens with two attached hydrogens (primary N) is 1. The van der Waals surface area contributed by atoms with Crippen molar-refractivity contribution in [2.75, 3.05) is 39.0 Å². The van der Waals surface area contributed by atoms with Gasteiger partial charge in [-0.15, -0.1) is 0 Å². The Morgan fingerprint density at radius 1 is 1.16 bits per heavy atom. The van der Waals surface area contributed by atoms with Gasteiger partial charge in [0.1, 0.15) is 11.4 Å². The second-order valence-corrected chi connectivity index (χ2v) is 11.0. The molecule has 2 amide bonds. The number of nitrogen functional groups attached to an aromatic ring is 1. The van der Waals surface area contributed by atoms with Gasteiger partial charge in [0.15, 0.2) is 5.13 Å². The largest absolute Gasteiger partial charge is 0.496 e. The minimum Gasteiger partial charge on any atom is -0.496 e. The Balaban J connectivity index is 1.77. The van der Waals surface area contributed by atoms with Gasteiger partial charge in [0.2, 0.25) is 0 Å². The zero-order valence-electron chi connectivity index (χ0n) is 19.1. The molecule has 0 unspecified atom stereocenters. The lowest BCUT2D eigenvalue weighted by atomic mass is 10.1. The highest BCUT2D eigenvalue weighted by Gasteiger charge is 2.28. The van der Waals surface area contributed by atoms with Gasteiger partial charge in [-0.25, -0.2) is 9.78 Å². The topological polar surface area (TPSA) is 98.0 Å². The van der Waals surface area contributed by atoms with Crippen molar-refractivity contribution >= 4 is 40.2 Å². The van der Waals surface area contributed by atoms with Crippen LogP contribution in [0, 0.1) is 6.92 Å². The van der Waals surface area contributed by atoms with E-state index in [1.165, 1.54) is 23.1 Å². The van der Waals surface area contributed by atoms with E-state index in [4.69, 9.17) is 15.2 Å². The van der Waals surface area contributed by atoms with Crippen LogP contribution >= 0.6 is 23.1 Å². The first-order valence-corrected chi connectivity index (χ1v) is 12.1. The fourth-order valence-electron chi connectivity index (χ4n) is 3.34. The fourth-order valence-corrected chi connectivity index (χ4v) is 5.16. The molecule has 3 rings (SSSR count). The molecular weight excluding hydrogens is 448 g/mol. The zero-order chi connectivity index (χ0) is 23.5. The van der Waals surface area contributed by atoms with Gasteiger partial charge in [-0.1, -0.05) is 23.1 Å². The molecule has 2 N–H and O–H groups in total. The molecule has 1 aliphatic heterocycles. The Hall–Kier alpha value is -2.46. The van der Waals surface area contributed by atoms with Crippen LogP contribution in [0.15, 0.2) is 27.4 Å². The maximum absolute atomic E-state index is 13.4. The highest BCUT2D eigenvalue weighted by molar-refractivity contribution is 8.01. The number of hydrogen-bond donors (Lipinski definition) is 1. The molecule has 0 radical (unpaired) electrons. The first-order valence-electron chi connectivity index (χ1n) is 10.4. The zero-order valence-corrected chi connectivity index (χ0v) is 20.8. The van der Waals surface area contributed by atoms with E-state index in [1.807, 2.05) is 39.8 Å². The number of benzene rings is 1. The predicted octanol–water partition coefficient (Wildman–Crippen LogP) is 4.28. The van der Waals surface area contributed by atoms with Crippen molar-refractivity contribution in [1.82, 2.24) is 14.8 Å². The molecule has 2 aromatic rings. The van der Waals surface area contributed by atoms with Gasteiger partial charge in [-0.2, -0.15) is 0 Å². The van der Waals surface area contributed by atoms with E-state index in [-0.39, 0.29) is 12.0 Å². The molecule has 1 aromatic carbocycles. The summed E-state index contributed by atoms with van der Waals surface area (Å²) in [6.45, 7) is 9.49. The molecule has 2 heterocycles. The Morgan fingerprint density at radius 2 is 1.84 bits per heavy atom. The summed E-state index contributed by atoms with van der Waals surface area (Å²) in [6, 6.07) is 3.75. The van der Waals surface area contributed by atoms with Crippen LogP contribution in [0.5, 0.6) is 5.75 Å². The third-order valence-electron chi connectivity index (χ3n) is 4.88. The second kappa shape index (κ2) is 9.99. The lowest BCUT2D eigenvalue weighted by Crippen LogP contribution is -2.40. The highest BCUT2D eigenvalue weighted by atomic mass is 32.2. The molecule has 1 aliphatic rings. The van der Waals surface area contributed by atoms with Crippen LogP contribution < -0.4 is 10.5 Å². The lowest BCUT2D eigenvalue weighted by Gasteiger charge is -2.26. The van der Waals surface area contributed by atoms with E-state index < -0.39 is 5.60 Å². The molecule has 10 heteroatoms. The third-order valence-corrected chi connectivity index (χ3v) is 6.96. The predicted molar refractivity (Wildman–Crippen MR) is 127 cm³/mol. The Labute approximate surface area is 197 Å². The molecule has 0 bridgehead atoms. The summed E-state index contributed by atoms with van der Waals surface area (Å²) >= 11 is 2.93. The second-order valence-electron chi connectivity index (χ2n) is 8.55. The summed E-state index contributed by atoms with van der Waals surface area (Å²) in [5.74, 6) is 0.424. The van der Waals surface area contributed by atoms with Crippen molar-refractivity contribution in [3.8, 4) is 5.75 Å². The van der Waals surface area contributed by atoms with Gasteiger partial charge in [-0.05, 0) is 51.8 Å². The number of rotatable bonds is 4. The summed E-state index contributed by atoms with van der Waals surface area (Å²) in [7, 11) is 1.56. The maximum atomic E-state index is 13.4. The van der Waals surface area contributed by atoms with Crippen molar-refractivity contribution in [2.24, 2.45) is 0 Å². The number of anilines is 1. The van der Waals surface area contributed by atoms with Gasteiger partial charge in [-0.3, -0.25) is 4.79 Å². The Kier molecular flexibility index (Phi) is 7.55. The number of ether oxygens (including phenoxy) is 2. The van der Waals surface area contributed by atoms with E-state index >= 15 is 0 Å². The number of carbonyl (C=O) groups is 2. The first-order chi connectivity index (χ1) is 15.1. The standard InChI is InChI=1S/C22H30N4O4S2/c1-14-11-16(29-5)15(12-17(14)31-18-13-24-20(23)32-18)19(27)25-7-6-8-26(10-9-25)21(28)30-22(2,3)4/h11-13H,6-10H2,1-5H3,(H2,23,24). The molecule has 1 aromatic heterocycles. The third kappa shape index (κ3) is 6.07. The van der Waals surface area contributed by atoms with Crippen LogP contribution in [0.4, 0.5) is 9.93 Å². The minimum absolute atomic E-state index is 0.112. The number of thiazole rings is 1. The summed E-state index contributed by atoms with van der Waals surface area (Å²) in [6.07, 6.45) is 2.07. The van der Waals surface area contributed by atoms with Crippen molar-refractivity contribution in [3.05, 3.63) is 29.5 Å². The van der Waals surface area contributed by atoms with Crippen molar-refractivity contribution in [3.63, 3.8) is 0 Å². The number of carbonyl (C=O) groups excluding carboxylic acids is 2. The van der Waals surface area contributed by atoms with Crippen molar-refractivity contribution < 1.29 is 19.1 Å². The molecule has 0 atom stereocenters. The average Bonchev–Trinajstić information content (AvgIpc) is 2.97. The highest BCUT2D eigenvalue weighted by Crippen LogP contribution is 2.38. The molecule has 32 heavy (non-hydrogen) atoms. The Bertz CT molecular complexity index is 987. The summed E-state index contributed by atoms with van der Waals surface area (Å²) < 4.78 is 12.0. The molecule has 1 fully saturated rings. The number of hydrogen-bond acceptors (Lipinski definition) is 8. The molecule has 0 aliphatic carbocycles. The lowest BCUT2D eigenvalue weighted by molar-refractivity contribution is 0.0255. The first kappa shape index (κ1) is 24.2. The van der Waals surface area contributed by atoms with Gasteiger partial charge in [0, 0.05) is 31.1 Å². The summed E-state index contributed by atoms with van der Waals surface area (Å²) in [4.78, 5) is 34.3. The molecule has 8 nitrogen and oxygen atoms in total. The molecule has 1 saturated heterocycles. The molecule has 0 spiro atoms. The number of amides is 2. The quantitative estimate of drug-likeness (QED) is 0.700. The van der Waals surface area contributed by atoms with Gasteiger partial charge in [0.05, 0.1) is 23.1 Å². The average molecular weight is 479 g/mol. The van der Waals surface area contributed by atoms with Crippen LogP contribution in [0.3, 0.4) is 0 Å². The van der Waals surface area contributed by atoms with E-state index in [9.17, 15) is 9.59 Å². The number of nitrogens with zero attached hydrogens (tertiary/aromatic N) is 3. The van der Waals surface area contributed by atoms with Gasteiger partial charge in [0.25, 0.3) is 5.91 Å². The normalized spacial score (nSPS) is 14.8. The van der Waals surface area contributed by atoms with Crippen LogP contribution in [-0.4, -0.2) is 65.7 Å². The van der Waals surface area contributed by atoms with Crippen molar-refractivity contribution in [2.45, 2.75) is 48.8 Å². The van der Waals surface area contributed by atoms with E-state index in [0.717, 1.165) is 14.7 Å². The smallest absolute Gasteiger partial charge is 0.410 e. The van der Waals surface area contributed by atoms with Crippen LogP contribution in [0.1, 0.15) is 43.1 Å². The number of methoxy groups -OCH3 is 1. The van der Waals surface area contributed by atoms with Crippen LogP contribution in [0.2, 0.25) is 0 Å². The SMILES string of the molecule is COc1cc(C)c(Sc2cnc(N)s2)cc1C(=O)N1CCCN(C(=O)OC(C)(C)C)CC1. The summed E-state index contributed by atoms with van der Waals surface area (Å²) in [5.41, 5.74) is 6.70. The fraction of sp³-hybridized carbons (Fsp3) is 0.500. The van der Waals surface area contributed by atoms with E-state index in [2.05, 4.69) is 4.98 Å².